The Kier molecular flexibility index (Phi) is 5.20. The van der Waals surface area contributed by atoms with Gasteiger partial charge in [0.25, 0.3) is 5.91 Å². The maximum atomic E-state index is 13.3. The number of hydrogen-bond acceptors (Lipinski definition) is 4. The van der Waals surface area contributed by atoms with Gasteiger partial charge in [-0.2, -0.15) is 0 Å². The van der Waals surface area contributed by atoms with Crippen LogP contribution in [0.2, 0.25) is 0 Å². The number of fused-ring (bicyclic) bond motifs is 1. The Labute approximate surface area is 158 Å². The summed E-state index contributed by atoms with van der Waals surface area (Å²) in [7, 11) is 1.94. The number of imidazole rings is 1. The Morgan fingerprint density at radius 1 is 1.35 bits per heavy atom. The predicted octanol–water partition coefficient (Wildman–Crippen LogP) is 1.78. The number of amides is 1. The fraction of sp³-hybridized carbons (Fsp3) is 0.500. The zero-order valence-corrected chi connectivity index (χ0v) is 15.9. The van der Waals surface area contributed by atoms with Gasteiger partial charge in [0.05, 0.1) is 0 Å². The van der Waals surface area contributed by atoms with E-state index in [4.69, 9.17) is 0 Å². The topological polar surface area (TPSA) is 83.0 Å². The molecule has 2 aliphatic rings. The number of nitrogens with zero attached hydrogens (tertiary/aromatic N) is 3. The molecule has 4 rings (SSSR count). The van der Waals surface area contributed by atoms with Crippen LogP contribution in [0.5, 0.6) is 0 Å². The van der Waals surface area contributed by atoms with Gasteiger partial charge < -0.3 is 19.8 Å². The summed E-state index contributed by atoms with van der Waals surface area (Å²) >= 11 is 0. The molecule has 1 unspecified atom stereocenters. The molecule has 2 aromatic heterocycles. The number of ketones is 1. The first kappa shape index (κ1) is 18.7. The van der Waals surface area contributed by atoms with E-state index in [0.29, 0.717) is 25.2 Å². The summed E-state index contributed by atoms with van der Waals surface area (Å²) in [5, 5.41) is 3.35. The molecule has 0 aromatic carbocycles. The van der Waals surface area contributed by atoms with Gasteiger partial charge in [-0.25, -0.2) is 4.98 Å². The van der Waals surface area contributed by atoms with Crippen molar-refractivity contribution in [3.63, 3.8) is 0 Å². The predicted molar refractivity (Wildman–Crippen MR) is 99.9 cm³/mol. The van der Waals surface area contributed by atoms with Crippen LogP contribution in [0.3, 0.4) is 0 Å². The molecule has 26 heavy (non-hydrogen) atoms. The zero-order chi connectivity index (χ0) is 17.6. The molecule has 0 saturated carbocycles. The minimum atomic E-state index is -0.114. The average Bonchev–Trinajstić information content (AvgIpc) is 3.18. The quantitative estimate of drug-likeness (QED) is 0.835. The van der Waals surface area contributed by atoms with Gasteiger partial charge in [-0.15, -0.1) is 12.4 Å². The number of halogens is 1. The van der Waals surface area contributed by atoms with E-state index in [1.54, 1.807) is 6.20 Å². The van der Waals surface area contributed by atoms with E-state index in [-0.39, 0.29) is 30.1 Å². The molecule has 1 aliphatic heterocycles. The minimum Gasteiger partial charge on any atom is -0.354 e. The largest absolute Gasteiger partial charge is 0.354 e. The lowest BCUT2D eigenvalue weighted by Crippen LogP contribution is -2.49. The van der Waals surface area contributed by atoms with Crippen molar-refractivity contribution in [2.75, 3.05) is 19.6 Å². The summed E-state index contributed by atoms with van der Waals surface area (Å²) in [4.78, 5) is 35.1. The second-order valence-electron chi connectivity index (χ2n) is 6.87. The van der Waals surface area contributed by atoms with Crippen LogP contribution in [0.25, 0.3) is 0 Å². The molecule has 7 nitrogen and oxygen atoms in total. The number of aryl methyl sites for hydroxylation is 2. The summed E-state index contributed by atoms with van der Waals surface area (Å²) < 4.78 is 1.95. The Bertz CT molecular complexity index is 841. The van der Waals surface area contributed by atoms with Crippen molar-refractivity contribution in [3.8, 4) is 0 Å². The fourth-order valence-corrected chi connectivity index (χ4v) is 4.01. The molecule has 1 atom stereocenters. The molecule has 2 aromatic rings. The number of piperazine rings is 1. The maximum absolute atomic E-state index is 13.3. The number of nitrogens with one attached hydrogen (secondary N) is 2. The molecule has 0 radical (unpaired) electrons. The van der Waals surface area contributed by atoms with Gasteiger partial charge in [0.15, 0.2) is 5.78 Å². The molecule has 1 saturated heterocycles. The number of carbonyl (C=O) groups is 2. The number of Topliss-reactive ketones (excluding diaryl/α,β-unsaturated/α-hetero) is 1. The maximum Gasteiger partial charge on any atom is 0.271 e. The highest BCUT2D eigenvalue weighted by Crippen LogP contribution is 2.29. The van der Waals surface area contributed by atoms with Gasteiger partial charge in [-0.3, -0.25) is 9.59 Å². The second-order valence-corrected chi connectivity index (χ2v) is 6.87. The highest BCUT2D eigenvalue weighted by molar-refractivity contribution is 6.04. The second kappa shape index (κ2) is 7.25. The smallest absolute Gasteiger partial charge is 0.271 e. The molecule has 3 heterocycles. The zero-order valence-electron chi connectivity index (χ0n) is 15.0. The van der Waals surface area contributed by atoms with Gasteiger partial charge in [0.2, 0.25) is 0 Å². The van der Waals surface area contributed by atoms with E-state index in [0.717, 1.165) is 42.0 Å². The summed E-state index contributed by atoms with van der Waals surface area (Å²) in [6.07, 6.45) is 5.90. The first-order chi connectivity index (χ1) is 12.1. The number of carbonyl (C=O) groups excluding carboxylic acids is 2. The summed E-state index contributed by atoms with van der Waals surface area (Å²) in [6.45, 7) is 3.93. The lowest BCUT2D eigenvalue weighted by molar-refractivity contribution is 0.0614. The molecule has 140 valence electrons. The summed E-state index contributed by atoms with van der Waals surface area (Å²) in [5.41, 5.74) is 3.00. The molecule has 0 bridgehead atoms. The lowest BCUT2D eigenvalue weighted by Gasteiger charge is -2.35. The third kappa shape index (κ3) is 2.95. The molecule has 1 amide bonds. The van der Waals surface area contributed by atoms with Gasteiger partial charge >= 0.3 is 0 Å². The van der Waals surface area contributed by atoms with E-state index in [9.17, 15) is 9.59 Å². The molecular formula is C18H24ClN5O2. The van der Waals surface area contributed by atoms with Crippen LogP contribution in [0.4, 0.5) is 0 Å². The molecule has 1 aliphatic carbocycles. The highest BCUT2D eigenvalue weighted by Gasteiger charge is 2.34. The summed E-state index contributed by atoms with van der Waals surface area (Å²) in [6, 6.07) is -0.114. The normalized spacial score (nSPS) is 19.8. The van der Waals surface area contributed by atoms with E-state index >= 15 is 0 Å². The lowest BCUT2D eigenvalue weighted by atomic mass is 9.93. The van der Waals surface area contributed by atoms with E-state index in [2.05, 4.69) is 15.3 Å². The van der Waals surface area contributed by atoms with Crippen molar-refractivity contribution in [3.05, 3.63) is 40.7 Å². The highest BCUT2D eigenvalue weighted by atomic mass is 35.5. The van der Waals surface area contributed by atoms with E-state index in [1.165, 1.54) is 0 Å². The number of aromatic nitrogens is 3. The first-order valence-corrected chi connectivity index (χ1v) is 8.81. The third-order valence-corrected chi connectivity index (χ3v) is 5.31. The van der Waals surface area contributed by atoms with Crippen LogP contribution >= 0.6 is 12.4 Å². The van der Waals surface area contributed by atoms with Gasteiger partial charge in [-0.1, -0.05) is 0 Å². The van der Waals surface area contributed by atoms with Gasteiger partial charge in [-0.05, 0) is 25.3 Å². The standard InChI is InChI=1S/C18H23N5O2.ClH/c1-11-15-12(4-3-5-14(15)24)21-16(11)18(25)23-9-6-19-10-13(23)17-20-7-8-22(17)2;/h7-8,13,19,21H,3-6,9-10H2,1-2H3;1H. The average molecular weight is 378 g/mol. The first-order valence-electron chi connectivity index (χ1n) is 8.81. The molecule has 0 spiro atoms. The number of hydrogen-bond donors (Lipinski definition) is 2. The Morgan fingerprint density at radius 2 is 2.15 bits per heavy atom. The van der Waals surface area contributed by atoms with Crippen LogP contribution in [-0.2, 0) is 13.5 Å². The van der Waals surface area contributed by atoms with Crippen molar-refractivity contribution < 1.29 is 9.59 Å². The van der Waals surface area contributed by atoms with Crippen molar-refractivity contribution in [1.29, 1.82) is 0 Å². The Hall–Kier alpha value is -2.12. The van der Waals surface area contributed by atoms with Crippen molar-refractivity contribution >= 4 is 24.1 Å². The van der Waals surface area contributed by atoms with Crippen LogP contribution in [0.15, 0.2) is 12.4 Å². The summed E-state index contributed by atoms with van der Waals surface area (Å²) in [5.74, 6) is 0.967. The third-order valence-electron chi connectivity index (χ3n) is 5.31. The Balaban J connectivity index is 0.00000196. The van der Waals surface area contributed by atoms with Crippen LogP contribution < -0.4 is 5.32 Å². The van der Waals surface area contributed by atoms with Crippen molar-refractivity contribution in [2.24, 2.45) is 7.05 Å². The number of rotatable bonds is 2. The van der Waals surface area contributed by atoms with Gasteiger partial charge in [0, 0.05) is 56.8 Å². The molecule has 1 fully saturated rings. The molecular weight excluding hydrogens is 354 g/mol. The number of aromatic amines is 1. The van der Waals surface area contributed by atoms with Crippen molar-refractivity contribution in [1.82, 2.24) is 24.8 Å². The number of H-pyrrole nitrogens is 1. The Morgan fingerprint density at radius 3 is 2.85 bits per heavy atom. The van der Waals surface area contributed by atoms with Crippen molar-refractivity contribution in [2.45, 2.75) is 32.2 Å². The fourth-order valence-electron chi connectivity index (χ4n) is 4.01. The monoisotopic (exact) mass is 377 g/mol. The van der Waals surface area contributed by atoms with Crippen LogP contribution in [-0.4, -0.2) is 50.8 Å². The van der Waals surface area contributed by atoms with Gasteiger partial charge in [0.1, 0.15) is 17.6 Å². The minimum absolute atomic E-state index is 0. The molecule has 8 heteroatoms. The van der Waals surface area contributed by atoms with E-state index < -0.39 is 0 Å². The van der Waals surface area contributed by atoms with Crippen LogP contribution in [0.1, 0.15) is 56.8 Å². The molecule has 2 N–H and O–H groups in total. The van der Waals surface area contributed by atoms with E-state index in [1.807, 2.05) is 29.6 Å². The van der Waals surface area contributed by atoms with Crippen LogP contribution in [0, 0.1) is 6.92 Å². The SMILES string of the molecule is Cc1c(C(=O)N2CCNCC2c2nccn2C)[nH]c2c1C(=O)CCC2.Cl.